The number of benzene rings is 1. The maximum absolute atomic E-state index is 12.6. The molecule has 1 N–H and O–H groups in total. The molecule has 59 heavy (non-hydrogen) atoms. The molecule has 344 valence electrons. The second-order valence-electron chi connectivity index (χ2n) is 19.4. The fourth-order valence-corrected chi connectivity index (χ4v) is 7.51. The zero-order valence-corrected chi connectivity index (χ0v) is 41.3. The number of hydrogen-bond acceptors (Lipinski definition) is 8. The van der Waals surface area contributed by atoms with Crippen LogP contribution in [0.1, 0.15) is 161 Å². The number of aliphatic hydroxyl groups is 1. The average Bonchev–Trinajstić information content (AvgIpc) is 3.10. The summed E-state index contributed by atoms with van der Waals surface area (Å²) in [6.45, 7) is 36.0. The molecule has 0 saturated carbocycles. The summed E-state index contributed by atoms with van der Waals surface area (Å²) < 4.78 is 23.5. The molecule has 5 atom stereocenters. The molecule has 0 bridgehead atoms. The van der Waals surface area contributed by atoms with Crippen LogP contribution in [0.4, 0.5) is 0 Å². The third-order valence-corrected chi connectivity index (χ3v) is 20.7. The number of esters is 1. The van der Waals surface area contributed by atoms with E-state index in [0.717, 1.165) is 51.7 Å². The molecule has 1 aromatic carbocycles. The van der Waals surface area contributed by atoms with Gasteiger partial charge in [-0.2, -0.15) is 0 Å². The van der Waals surface area contributed by atoms with Crippen molar-refractivity contribution in [2.24, 2.45) is 11.8 Å². The lowest BCUT2D eigenvalue weighted by molar-refractivity contribution is -0.164. The van der Waals surface area contributed by atoms with Gasteiger partial charge in [0.25, 0.3) is 0 Å². The summed E-state index contributed by atoms with van der Waals surface area (Å²) in [7, 11) is -1.88. The maximum Gasteiger partial charge on any atom is 0.340 e. The van der Waals surface area contributed by atoms with Gasteiger partial charge in [0.15, 0.2) is 40.4 Å². The number of allylic oxidation sites excluding steroid dienone is 2. The first-order valence-corrected chi connectivity index (χ1v) is 27.0. The molecule has 0 saturated heterocycles. The van der Waals surface area contributed by atoms with Crippen LogP contribution >= 0.6 is 0 Å². The van der Waals surface area contributed by atoms with Gasteiger partial charge in [-0.25, -0.2) is 4.79 Å². The molecule has 1 rings (SSSR count). The van der Waals surface area contributed by atoms with Gasteiger partial charge >= 0.3 is 5.97 Å². The molecule has 1 aromatic rings. The van der Waals surface area contributed by atoms with Crippen LogP contribution < -0.4 is 0 Å². The maximum atomic E-state index is 12.6. The van der Waals surface area contributed by atoms with Gasteiger partial charge in [0, 0.05) is 26.7 Å². The SMILES string of the molecule is C.C.CC(=O)C(O)C/C=C(/C)CCC[C@H](C)CO[Si](C)(C)C(C)(C)C.CO[C@@H](C(=O)O[C@@H](C/C=C(/C)CCC[C@H](C)CO[Si](C)(C)C(C)(C)C)C(C)=O)c1ccccc1. The lowest BCUT2D eigenvalue weighted by atomic mass is 10.0. The fourth-order valence-electron chi connectivity index (χ4n) is 5.25. The number of rotatable bonds is 24. The van der Waals surface area contributed by atoms with Crippen LogP contribution in [0.5, 0.6) is 0 Å². The molecular formula is C49H92O8Si2. The summed E-state index contributed by atoms with van der Waals surface area (Å²) in [5.41, 5.74) is 3.16. The van der Waals surface area contributed by atoms with E-state index in [1.807, 2.05) is 30.4 Å². The summed E-state index contributed by atoms with van der Waals surface area (Å²) in [5.74, 6) is 0.203. The Morgan fingerprint density at radius 2 is 1.10 bits per heavy atom. The van der Waals surface area contributed by atoms with Gasteiger partial charge in [-0.15, -0.1) is 0 Å². The summed E-state index contributed by atoms with van der Waals surface area (Å²) in [6, 6.07) is 9.16. The largest absolute Gasteiger partial charge is 0.452 e. The van der Waals surface area contributed by atoms with E-state index in [2.05, 4.69) is 95.4 Å². The monoisotopic (exact) mass is 865 g/mol. The highest BCUT2D eigenvalue weighted by atomic mass is 28.4. The third-order valence-electron chi connectivity index (χ3n) is 11.7. The topological polar surface area (TPSA) is 108 Å². The van der Waals surface area contributed by atoms with E-state index in [1.54, 1.807) is 12.1 Å². The minimum absolute atomic E-state index is 0. The van der Waals surface area contributed by atoms with E-state index in [0.29, 0.717) is 30.2 Å². The van der Waals surface area contributed by atoms with E-state index >= 15 is 0 Å². The first-order valence-electron chi connectivity index (χ1n) is 21.2. The van der Waals surface area contributed by atoms with Crippen molar-refractivity contribution in [3.63, 3.8) is 0 Å². The van der Waals surface area contributed by atoms with E-state index in [9.17, 15) is 19.5 Å². The molecule has 0 aromatic heterocycles. The minimum atomic E-state index is -1.70. The number of ether oxygens (including phenoxy) is 2. The Bertz CT molecular complexity index is 1390. The summed E-state index contributed by atoms with van der Waals surface area (Å²) >= 11 is 0. The quantitative estimate of drug-likeness (QED) is 0.0622. The van der Waals surface area contributed by atoms with Gasteiger partial charge in [-0.3, -0.25) is 9.59 Å². The molecular weight excluding hydrogens is 773 g/mol. The molecule has 0 aliphatic heterocycles. The first-order chi connectivity index (χ1) is 26.1. The summed E-state index contributed by atoms with van der Waals surface area (Å²) in [4.78, 5) is 35.7. The highest BCUT2D eigenvalue weighted by Crippen LogP contribution is 2.38. The normalized spacial score (nSPS) is 15.3. The number of aliphatic hydroxyl groups excluding tert-OH is 1. The Hall–Kier alpha value is -2.22. The predicted octanol–water partition coefficient (Wildman–Crippen LogP) is 13.4. The number of carbonyl (C=O) groups is 3. The zero-order valence-electron chi connectivity index (χ0n) is 39.3. The number of ketones is 2. The molecule has 1 unspecified atom stereocenters. The Balaban J connectivity index is -0.00000110. The lowest BCUT2D eigenvalue weighted by Crippen LogP contribution is -2.41. The lowest BCUT2D eigenvalue weighted by Gasteiger charge is -2.37. The van der Waals surface area contributed by atoms with Crippen molar-refractivity contribution in [2.75, 3.05) is 20.3 Å². The van der Waals surface area contributed by atoms with Crippen LogP contribution in [0, 0.1) is 11.8 Å². The van der Waals surface area contributed by atoms with Gasteiger partial charge in [0.05, 0.1) is 0 Å². The van der Waals surface area contributed by atoms with Crippen molar-refractivity contribution < 1.29 is 37.8 Å². The molecule has 0 heterocycles. The standard InChI is InChI=1S/C28H46O5Si.C19H38O3Si.2CH4/c1-21(14-13-15-22(2)20-32-34(8,9)28(4,5)6)18-19-25(23(3)29)33-27(30)26(31-7)24-16-11-10-12-17-24;1-15(12-13-18(21)17(3)20)10-9-11-16(2)14-22-23(7,8)19(4,5)6;;/h10-12,16-18,22,25-26H,13-15,19-20H2,1-9H3;12,16,18,21H,9-11,13-14H2,1-8H3;2*1H4/b21-18-;15-12-;;/t22-,25-,26+;16-,18?;;/m00../s1. The smallest absolute Gasteiger partial charge is 0.340 e. The number of methoxy groups -OCH3 is 1. The molecule has 0 fully saturated rings. The molecule has 0 aliphatic rings. The van der Waals surface area contributed by atoms with Crippen LogP contribution in [-0.4, -0.2) is 71.8 Å². The highest BCUT2D eigenvalue weighted by molar-refractivity contribution is 6.74. The summed E-state index contributed by atoms with van der Waals surface area (Å²) in [5, 5.41) is 9.99. The van der Waals surface area contributed by atoms with E-state index < -0.39 is 40.9 Å². The fraction of sp³-hybridized carbons (Fsp3) is 0.735. The zero-order chi connectivity index (χ0) is 44.2. The van der Waals surface area contributed by atoms with Gasteiger partial charge in [-0.1, -0.05) is 124 Å². The van der Waals surface area contributed by atoms with Crippen LogP contribution in [0.3, 0.4) is 0 Å². The Kier molecular flexibility index (Phi) is 30.2. The van der Waals surface area contributed by atoms with Crippen LogP contribution in [-0.2, 0) is 32.7 Å². The van der Waals surface area contributed by atoms with E-state index in [4.69, 9.17) is 18.3 Å². The molecule has 0 spiro atoms. The second kappa shape index (κ2) is 29.2. The molecule has 0 radical (unpaired) electrons. The van der Waals surface area contributed by atoms with Crippen LogP contribution in [0.25, 0.3) is 0 Å². The van der Waals surface area contributed by atoms with Crippen molar-refractivity contribution in [2.45, 2.75) is 204 Å². The Morgan fingerprint density at radius 1 is 0.695 bits per heavy atom. The average molecular weight is 865 g/mol. The molecule has 0 aliphatic carbocycles. The van der Waals surface area contributed by atoms with E-state index in [-0.39, 0.29) is 36.5 Å². The van der Waals surface area contributed by atoms with Gasteiger partial charge in [0.1, 0.15) is 6.10 Å². The van der Waals surface area contributed by atoms with E-state index in [1.165, 1.54) is 32.1 Å². The van der Waals surface area contributed by atoms with Crippen LogP contribution in [0.2, 0.25) is 36.3 Å². The van der Waals surface area contributed by atoms with Crippen molar-refractivity contribution in [1.82, 2.24) is 0 Å². The minimum Gasteiger partial charge on any atom is -0.452 e. The number of carbonyl (C=O) groups excluding carboxylic acids is 3. The Morgan fingerprint density at radius 3 is 1.46 bits per heavy atom. The van der Waals surface area contributed by atoms with Gasteiger partial charge in [-0.05, 0) is 126 Å². The summed E-state index contributed by atoms with van der Waals surface area (Å²) in [6.07, 6.45) is 8.73. The van der Waals surface area contributed by atoms with Gasteiger partial charge < -0.3 is 23.4 Å². The first kappa shape index (κ1) is 61.1. The van der Waals surface area contributed by atoms with Crippen molar-refractivity contribution in [1.29, 1.82) is 0 Å². The van der Waals surface area contributed by atoms with Crippen molar-refractivity contribution in [3.05, 3.63) is 59.2 Å². The second-order valence-corrected chi connectivity index (χ2v) is 29.0. The highest BCUT2D eigenvalue weighted by Gasteiger charge is 2.38. The molecule has 10 heteroatoms. The Labute approximate surface area is 366 Å². The van der Waals surface area contributed by atoms with Crippen molar-refractivity contribution in [3.8, 4) is 0 Å². The van der Waals surface area contributed by atoms with Gasteiger partial charge in [0.2, 0.25) is 0 Å². The predicted molar refractivity (Wildman–Crippen MR) is 256 cm³/mol. The number of hydrogen-bond donors (Lipinski definition) is 1. The molecule has 8 nitrogen and oxygen atoms in total. The third kappa shape index (κ3) is 25.4. The van der Waals surface area contributed by atoms with Crippen LogP contribution in [0.15, 0.2) is 53.6 Å². The van der Waals surface area contributed by atoms with Crippen molar-refractivity contribution >= 4 is 34.2 Å². The molecule has 0 amide bonds. The number of Topliss-reactive ketones (excluding diaryl/α,β-unsaturated/α-hetero) is 2.